The van der Waals surface area contributed by atoms with Crippen molar-refractivity contribution >= 4 is 24.0 Å². The van der Waals surface area contributed by atoms with Crippen LogP contribution in [0.1, 0.15) is 33.4 Å². The molecule has 0 aliphatic rings. The lowest BCUT2D eigenvalue weighted by Crippen LogP contribution is -2.39. The molecule has 0 saturated carbocycles. The van der Waals surface area contributed by atoms with Gasteiger partial charge in [0.1, 0.15) is 0 Å². The Bertz CT molecular complexity index is 1310. The molecule has 0 radical (unpaired) electrons. The smallest absolute Gasteiger partial charge is 0.246 e. The minimum atomic E-state index is -0.0910. The van der Waals surface area contributed by atoms with E-state index in [1.807, 2.05) is 135 Å². The van der Waals surface area contributed by atoms with E-state index in [1.165, 1.54) is 11.1 Å². The Balaban J connectivity index is 1.52. The number of carbonyl (C=O) groups is 2. The predicted octanol–water partition coefficient (Wildman–Crippen LogP) is 7.09. The average Bonchev–Trinajstić information content (AvgIpc) is 2.98. The van der Waals surface area contributed by atoms with Crippen LogP contribution in [0.2, 0.25) is 0 Å². The van der Waals surface area contributed by atoms with E-state index in [1.54, 1.807) is 22.0 Å². The molecule has 2 amide bonds. The molecule has 4 aromatic rings. The summed E-state index contributed by atoms with van der Waals surface area (Å²) in [5.74, 6) is -0.182. The topological polar surface area (TPSA) is 40.6 Å². The third-order valence-electron chi connectivity index (χ3n) is 6.69. The van der Waals surface area contributed by atoms with Gasteiger partial charge in [-0.3, -0.25) is 9.59 Å². The molecule has 0 heterocycles. The van der Waals surface area contributed by atoms with Crippen LogP contribution in [0.4, 0.5) is 0 Å². The molecular formula is C36H36N2O2. The zero-order chi connectivity index (χ0) is 28.2. The quantitative estimate of drug-likeness (QED) is 0.195. The van der Waals surface area contributed by atoms with Crippen LogP contribution < -0.4 is 0 Å². The van der Waals surface area contributed by atoms with Crippen molar-refractivity contribution in [3.05, 3.63) is 155 Å². The third kappa shape index (κ3) is 8.95. The lowest BCUT2D eigenvalue weighted by atomic mass is 10.1. The normalized spacial score (nSPS) is 11.2. The second-order valence-corrected chi connectivity index (χ2v) is 9.98. The minimum absolute atomic E-state index is 0.0910. The highest BCUT2D eigenvalue weighted by molar-refractivity contribution is 5.93. The lowest BCUT2D eigenvalue weighted by molar-refractivity contribution is -0.130. The van der Waals surface area contributed by atoms with Gasteiger partial charge < -0.3 is 9.80 Å². The van der Waals surface area contributed by atoms with Gasteiger partial charge in [0.15, 0.2) is 0 Å². The van der Waals surface area contributed by atoms with E-state index in [2.05, 4.69) is 0 Å². The van der Waals surface area contributed by atoms with E-state index in [4.69, 9.17) is 0 Å². The summed E-state index contributed by atoms with van der Waals surface area (Å²) < 4.78 is 0. The zero-order valence-electron chi connectivity index (χ0n) is 23.2. The second-order valence-electron chi connectivity index (χ2n) is 9.98. The molecule has 0 aliphatic carbocycles. The molecule has 4 heteroatoms. The number of carbonyl (C=O) groups excluding carboxylic acids is 2. The highest BCUT2D eigenvalue weighted by Gasteiger charge is 2.17. The van der Waals surface area contributed by atoms with Crippen molar-refractivity contribution in [3.8, 4) is 0 Å². The molecule has 0 atom stereocenters. The summed E-state index contributed by atoms with van der Waals surface area (Å²) in [6.45, 7) is 5.82. The second kappa shape index (κ2) is 14.5. The zero-order valence-corrected chi connectivity index (χ0v) is 23.2. The summed E-state index contributed by atoms with van der Waals surface area (Å²) in [6.07, 6.45) is 6.93. The molecule has 0 fully saturated rings. The Morgan fingerprint density at radius 2 is 0.875 bits per heavy atom. The van der Waals surface area contributed by atoms with E-state index >= 15 is 0 Å². The maximum Gasteiger partial charge on any atom is 0.246 e. The fourth-order valence-corrected chi connectivity index (χ4v) is 4.28. The molecule has 0 bridgehead atoms. The molecule has 0 N–H and O–H groups in total. The monoisotopic (exact) mass is 528 g/mol. The Morgan fingerprint density at radius 3 is 1.23 bits per heavy atom. The summed E-state index contributed by atoms with van der Waals surface area (Å²) in [4.78, 5) is 30.4. The number of aryl methyl sites for hydroxylation is 2. The number of amides is 2. The first-order chi connectivity index (χ1) is 19.5. The summed E-state index contributed by atoms with van der Waals surface area (Å²) in [6, 6.07) is 36.0. The molecule has 0 unspecified atom stereocenters. The summed E-state index contributed by atoms with van der Waals surface area (Å²) in [7, 11) is 0. The van der Waals surface area contributed by atoms with Crippen molar-refractivity contribution in [2.24, 2.45) is 0 Å². The first-order valence-corrected chi connectivity index (χ1v) is 13.6. The van der Waals surface area contributed by atoms with Gasteiger partial charge in [-0.2, -0.15) is 0 Å². The van der Waals surface area contributed by atoms with Crippen molar-refractivity contribution < 1.29 is 9.59 Å². The van der Waals surface area contributed by atoms with Gasteiger partial charge in [0.25, 0.3) is 0 Å². The molecule has 4 rings (SSSR count). The van der Waals surface area contributed by atoms with Crippen LogP contribution in [0.3, 0.4) is 0 Å². The molecule has 4 nitrogen and oxygen atoms in total. The van der Waals surface area contributed by atoms with Gasteiger partial charge >= 0.3 is 0 Å². The van der Waals surface area contributed by atoms with Crippen molar-refractivity contribution in [1.82, 2.24) is 9.80 Å². The Labute approximate surface area is 237 Å². The summed E-state index contributed by atoms with van der Waals surface area (Å²) >= 11 is 0. The van der Waals surface area contributed by atoms with Crippen LogP contribution in [-0.2, 0) is 22.7 Å². The van der Waals surface area contributed by atoms with Crippen LogP contribution in [0.15, 0.2) is 121 Å². The number of benzene rings is 4. The van der Waals surface area contributed by atoms with E-state index in [0.717, 1.165) is 22.3 Å². The van der Waals surface area contributed by atoms with Crippen LogP contribution in [-0.4, -0.2) is 34.7 Å². The standard InChI is InChI=1S/C36H36N2O2/c1-29-13-17-31(18-14-29)21-23-35(39)37(27-33-9-5-3-6-10-33)25-26-38(28-34-11-7-4-8-12-34)36(40)24-22-32-19-15-30(2)16-20-32/h3-24H,25-28H2,1-2H3. The van der Waals surface area contributed by atoms with Gasteiger partial charge in [-0.15, -0.1) is 0 Å². The van der Waals surface area contributed by atoms with Gasteiger partial charge in [-0.1, -0.05) is 120 Å². The minimum Gasteiger partial charge on any atom is -0.333 e. The van der Waals surface area contributed by atoms with Crippen molar-refractivity contribution in [3.63, 3.8) is 0 Å². The molecule has 40 heavy (non-hydrogen) atoms. The van der Waals surface area contributed by atoms with E-state index in [9.17, 15) is 9.59 Å². The maximum atomic E-state index is 13.4. The van der Waals surface area contributed by atoms with E-state index in [-0.39, 0.29) is 11.8 Å². The number of nitrogens with zero attached hydrogens (tertiary/aromatic N) is 2. The van der Waals surface area contributed by atoms with Crippen molar-refractivity contribution in [2.45, 2.75) is 26.9 Å². The highest BCUT2D eigenvalue weighted by atomic mass is 16.2. The third-order valence-corrected chi connectivity index (χ3v) is 6.69. The van der Waals surface area contributed by atoms with Gasteiger partial charge in [-0.05, 0) is 48.3 Å². The Hall–Kier alpha value is -4.70. The van der Waals surface area contributed by atoms with E-state index < -0.39 is 0 Å². The van der Waals surface area contributed by atoms with Crippen LogP contribution >= 0.6 is 0 Å². The van der Waals surface area contributed by atoms with Crippen molar-refractivity contribution in [2.75, 3.05) is 13.1 Å². The largest absolute Gasteiger partial charge is 0.333 e. The fourth-order valence-electron chi connectivity index (χ4n) is 4.28. The summed E-state index contributed by atoms with van der Waals surface area (Å²) in [5, 5.41) is 0. The van der Waals surface area contributed by atoms with E-state index in [0.29, 0.717) is 26.2 Å². The number of rotatable bonds is 11. The molecule has 0 spiro atoms. The SMILES string of the molecule is Cc1ccc(C=CC(=O)N(CCN(Cc2ccccc2)C(=O)C=Cc2ccc(C)cc2)Cc2ccccc2)cc1. The number of hydrogen-bond acceptors (Lipinski definition) is 2. The van der Waals surface area contributed by atoms with Crippen LogP contribution in [0.5, 0.6) is 0 Å². The van der Waals surface area contributed by atoms with Crippen molar-refractivity contribution in [1.29, 1.82) is 0 Å². The molecule has 0 saturated heterocycles. The Morgan fingerprint density at radius 1 is 0.525 bits per heavy atom. The molecule has 0 aliphatic heterocycles. The highest BCUT2D eigenvalue weighted by Crippen LogP contribution is 2.12. The average molecular weight is 529 g/mol. The molecule has 202 valence electrons. The lowest BCUT2D eigenvalue weighted by Gasteiger charge is -2.27. The van der Waals surface area contributed by atoms with Gasteiger partial charge in [0.2, 0.25) is 11.8 Å². The summed E-state index contributed by atoms with van der Waals surface area (Å²) in [5.41, 5.74) is 6.38. The molecular weight excluding hydrogens is 492 g/mol. The van der Waals surface area contributed by atoms with Crippen LogP contribution in [0.25, 0.3) is 12.2 Å². The maximum absolute atomic E-state index is 13.4. The first-order valence-electron chi connectivity index (χ1n) is 13.6. The fraction of sp³-hybridized carbons (Fsp3) is 0.167. The van der Waals surface area contributed by atoms with Gasteiger partial charge in [-0.25, -0.2) is 0 Å². The van der Waals surface area contributed by atoms with Crippen LogP contribution in [0, 0.1) is 13.8 Å². The first kappa shape index (κ1) is 28.3. The number of hydrogen-bond donors (Lipinski definition) is 0. The van der Waals surface area contributed by atoms with Gasteiger partial charge in [0.05, 0.1) is 0 Å². The predicted molar refractivity (Wildman–Crippen MR) is 164 cm³/mol. The van der Waals surface area contributed by atoms with Gasteiger partial charge in [0, 0.05) is 38.3 Å². The molecule has 0 aromatic heterocycles. The Kier molecular flexibility index (Phi) is 10.2. The molecule has 4 aromatic carbocycles.